The zero-order chi connectivity index (χ0) is 20.7. The van der Waals surface area contributed by atoms with E-state index in [0.29, 0.717) is 11.3 Å². The maximum Gasteiger partial charge on any atom is 0.416 e. The Morgan fingerprint density at radius 1 is 0.767 bits per heavy atom. The number of alkyl halides is 3. The first-order valence-corrected chi connectivity index (χ1v) is 9.60. The molecular weight excluding hydrogens is 385 g/mol. The number of hydrogen-bond donors (Lipinski definition) is 0. The van der Waals surface area contributed by atoms with Crippen LogP contribution in [0.25, 0.3) is 5.69 Å². The Bertz CT molecular complexity index is 1240. The number of benzene rings is 3. The predicted octanol–water partition coefficient (Wildman–Crippen LogP) is 6.44. The molecule has 30 heavy (non-hydrogen) atoms. The fraction of sp³-hybridized carbons (Fsp3) is 0.0800. The molecule has 0 amide bonds. The molecule has 0 fully saturated rings. The van der Waals surface area contributed by atoms with Crippen molar-refractivity contribution >= 4 is 5.71 Å². The van der Waals surface area contributed by atoms with Crippen molar-refractivity contribution in [2.45, 2.75) is 12.2 Å². The largest absolute Gasteiger partial charge is 0.416 e. The molecule has 0 unspecified atom stereocenters. The van der Waals surface area contributed by atoms with Gasteiger partial charge in [-0.25, -0.2) is 0 Å². The van der Waals surface area contributed by atoms with E-state index in [1.165, 1.54) is 12.1 Å². The van der Waals surface area contributed by atoms with Crippen molar-refractivity contribution in [2.75, 3.05) is 0 Å². The second-order valence-corrected chi connectivity index (χ2v) is 7.19. The van der Waals surface area contributed by atoms with E-state index in [0.717, 1.165) is 28.6 Å². The van der Waals surface area contributed by atoms with Crippen molar-refractivity contribution in [1.82, 2.24) is 4.57 Å². The van der Waals surface area contributed by atoms with E-state index in [-0.39, 0.29) is 6.04 Å². The molecule has 2 heterocycles. The minimum absolute atomic E-state index is 0.327. The van der Waals surface area contributed by atoms with Crippen molar-refractivity contribution < 1.29 is 13.2 Å². The molecule has 0 saturated heterocycles. The summed E-state index contributed by atoms with van der Waals surface area (Å²) < 4.78 is 42.1. The monoisotopic (exact) mass is 402 g/mol. The minimum Gasteiger partial charge on any atom is -0.315 e. The van der Waals surface area contributed by atoms with Gasteiger partial charge in [0.2, 0.25) is 0 Å². The molecule has 0 spiro atoms. The molecule has 4 aromatic rings. The smallest absolute Gasteiger partial charge is 0.315 e. The van der Waals surface area contributed by atoms with Crippen molar-refractivity contribution in [3.05, 3.63) is 125 Å². The second-order valence-electron chi connectivity index (χ2n) is 7.19. The fourth-order valence-electron chi connectivity index (χ4n) is 3.94. The molecule has 1 atom stereocenters. The highest BCUT2D eigenvalue weighted by molar-refractivity contribution is 6.13. The summed E-state index contributed by atoms with van der Waals surface area (Å²) in [5.74, 6) is 0. The van der Waals surface area contributed by atoms with Gasteiger partial charge in [0.05, 0.1) is 22.7 Å². The average molecular weight is 402 g/mol. The summed E-state index contributed by atoms with van der Waals surface area (Å²) in [7, 11) is 0. The van der Waals surface area contributed by atoms with E-state index in [9.17, 15) is 13.2 Å². The Morgan fingerprint density at radius 3 is 2.33 bits per heavy atom. The van der Waals surface area contributed by atoms with Gasteiger partial charge in [0.15, 0.2) is 0 Å². The van der Waals surface area contributed by atoms with Crippen LogP contribution in [0.5, 0.6) is 0 Å². The average Bonchev–Trinajstić information content (AvgIpc) is 3.19. The van der Waals surface area contributed by atoms with Gasteiger partial charge >= 0.3 is 6.18 Å². The van der Waals surface area contributed by atoms with Crippen LogP contribution in [0.2, 0.25) is 0 Å². The van der Waals surface area contributed by atoms with Gasteiger partial charge in [-0.05, 0) is 35.9 Å². The summed E-state index contributed by atoms with van der Waals surface area (Å²) >= 11 is 0. The van der Waals surface area contributed by atoms with Crippen LogP contribution >= 0.6 is 0 Å². The number of rotatable bonds is 2. The van der Waals surface area contributed by atoms with Crippen molar-refractivity contribution in [3.8, 4) is 5.69 Å². The van der Waals surface area contributed by atoms with Gasteiger partial charge in [-0.3, -0.25) is 4.99 Å². The Balaban J connectivity index is 1.78. The van der Waals surface area contributed by atoms with Crippen LogP contribution in [0.4, 0.5) is 13.2 Å². The molecular formula is C25H17F3N2. The molecule has 1 aromatic heterocycles. The summed E-state index contributed by atoms with van der Waals surface area (Å²) in [4.78, 5) is 5.02. The van der Waals surface area contributed by atoms with Gasteiger partial charge in [-0.2, -0.15) is 13.2 Å². The number of aliphatic imine (C=N–C) groups is 1. The Labute approximate surface area is 172 Å². The van der Waals surface area contributed by atoms with Gasteiger partial charge in [0, 0.05) is 17.3 Å². The topological polar surface area (TPSA) is 17.3 Å². The molecule has 0 N–H and O–H groups in total. The Kier molecular flexibility index (Phi) is 4.31. The van der Waals surface area contributed by atoms with Crippen LogP contribution in [-0.4, -0.2) is 10.3 Å². The zero-order valence-corrected chi connectivity index (χ0v) is 15.8. The number of hydrogen-bond acceptors (Lipinski definition) is 1. The molecule has 1 aliphatic rings. The number of fused-ring (bicyclic) bond motifs is 3. The van der Waals surface area contributed by atoms with Crippen LogP contribution < -0.4 is 0 Å². The first kappa shape index (κ1) is 18.4. The summed E-state index contributed by atoms with van der Waals surface area (Å²) in [6, 6.07) is 26.6. The van der Waals surface area contributed by atoms with E-state index in [2.05, 4.69) is 0 Å². The lowest BCUT2D eigenvalue weighted by atomic mass is 9.97. The highest BCUT2D eigenvalue weighted by Crippen LogP contribution is 2.36. The fourth-order valence-corrected chi connectivity index (χ4v) is 3.94. The zero-order valence-electron chi connectivity index (χ0n) is 15.8. The van der Waals surface area contributed by atoms with Crippen molar-refractivity contribution in [3.63, 3.8) is 0 Å². The molecule has 0 aliphatic carbocycles. The summed E-state index contributed by atoms with van der Waals surface area (Å²) in [6.45, 7) is 0. The third-order valence-corrected chi connectivity index (χ3v) is 5.32. The van der Waals surface area contributed by atoms with Gasteiger partial charge in [-0.15, -0.1) is 0 Å². The molecule has 0 radical (unpaired) electrons. The number of halogens is 3. The number of aromatic nitrogens is 1. The quantitative estimate of drug-likeness (QED) is 0.367. The van der Waals surface area contributed by atoms with Crippen LogP contribution in [0, 0.1) is 0 Å². The molecule has 3 aromatic carbocycles. The van der Waals surface area contributed by atoms with Crippen LogP contribution in [0.1, 0.15) is 34.0 Å². The maximum atomic E-state index is 13.4. The highest BCUT2D eigenvalue weighted by atomic mass is 19.4. The molecule has 1 aliphatic heterocycles. The number of para-hydroxylation sites is 1. The third kappa shape index (κ3) is 3.12. The van der Waals surface area contributed by atoms with E-state index >= 15 is 0 Å². The molecule has 148 valence electrons. The SMILES string of the molecule is FC(F)(F)c1cccc(C2=N[C@@H](c3ccccc3)c3ccccc3-n3cccc32)c1. The molecule has 0 saturated carbocycles. The normalized spacial score (nSPS) is 15.7. The van der Waals surface area contributed by atoms with Crippen molar-refractivity contribution in [1.29, 1.82) is 0 Å². The first-order chi connectivity index (χ1) is 14.5. The molecule has 5 rings (SSSR count). The highest BCUT2D eigenvalue weighted by Gasteiger charge is 2.32. The number of nitrogens with zero attached hydrogens (tertiary/aromatic N) is 2. The maximum absolute atomic E-state index is 13.4. The summed E-state index contributed by atoms with van der Waals surface area (Å²) in [5, 5.41) is 0. The summed E-state index contributed by atoms with van der Waals surface area (Å²) in [6.07, 6.45) is -2.49. The van der Waals surface area contributed by atoms with Gasteiger partial charge < -0.3 is 4.57 Å². The van der Waals surface area contributed by atoms with E-state index in [1.807, 2.05) is 77.5 Å². The third-order valence-electron chi connectivity index (χ3n) is 5.32. The van der Waals surface area contributed by atoms with Crippen LogP contribution in [-0.2, 0) is 6.18 Å². The molecule has 5 heteroatoms. The lowest BCUT2D eigenvalue weighted by molar-refractivity contribution is -0.137. The van der Waals surface area contributed by atoms with E-state index in [4.69, 9.17) is 4.99 Å². The molecule has 2 nitrogen and oxygen atoms in total. The predicted molar refractivity (Wildman–Crippen MR) is 111 cm³/mol. The minimum atomic E-state index is -4.41. The van der Waals surface area contributed by atoms with E-state index < -0.39 is 11.7 Å². The van der Waals surface area contributed by atoms with Gasteiger partial charge in [0.25, 0.3) is 0 Å². The second kappa shape index (κ2) is 7.02. The Hall–Kier alpha value is -3.60. The van der Waals surface area contributed by atoms with Crippen molar-refractivity contribution in [2.24, 2.45) is 4.99 Å². The first-order valence-electron chi connectivity index (χ1n) is 9.60. The van der Waals surface area contributed by atoms with Crippen LogP contribution in [0.15, 0.2) is 102 Å². The van der Waals surface area contributed by atoms with E-state index in [1.54, 1.807) is 6.07 Å². The standard InChI is InChI=1S/C25H17F3N2/c26-25(27,28)19-11-6-10-18(16-19)24-22-14-7-15-30(22)21-13-5-4-12-20(21)23(29-24)17-8-2-1-3-9-17/h1-16,23H/t23-/m0/s1. The van der Waals surface area contributed by atoms with Gasteiger partial charge in [-0.1, -0.05) is 60.7 Å². The molecule has 0 bridgehead atoms. The Morgan fingerprint density at radius 2 is 1.53 bits per heavy atom. The van der Waals surface area contributed by atoms with Gasteiger partial charge in [0.1, 0.15) is 6.04 Å². The summed E-state index contributed by atoms with van der Waals surface area (Å²) in [5.41, 5.74) is 4.02. The van der Waals surface area contributed by atoms with Crippen LogP contribution in [0.3, 0.4) is 0 Å². The lowest BCUT2D eigenvalue weighted by Crippen LogP contribution is -2.11. The lowest BCUT2D eigenvalue weighted by Gasteiger charge is -2.16.